The van der Waals surface area contributed by atoms with Gasteiger partial charge in [-0.05, 0) is 71.2 Å². The lowest BCUT2D eigenvalue weighted by Crippen LogP contribution is -2.39. The first kappa shape index (κ1) is 25.4. The fraction of sp³-hybridized carbons (Fsp3) is 0.240. The molecule has 3 aromatic rings. The van der Waals surface area contributed by atoms with E-state index in [-0.39, 0.29) is 12.2 Å². The predicted molar refractivity (Wildman–Crippen MR) is 142 cm³/mol. The molecule has 1 aliphatic rings. The van der Waals surface area contributed by atoms with Crippen molar-refractivity contribution in [3.63, 3.8) is 0 Å². The molecule has 0 spiro atoms. The topological polar surface area (TPSA) is 79.1 Å². The van der Waals surface area contributed by atoms with Gasteiger partial charge >= 0.3 is 5.97 Å². The van der Waals surface area contributed by atoms with E-state index in [4.69, 9.17) is 14.2 Å². The molecule has 0 bridgehead atoms. The van der Waals surface area contributed by atoms with Crippen molar-refractivity contribution in [1.29, 1.82) is 0 Å². The van der Waals surface area contributed by atoms with Gasteiger partial charge in [0.15, 0.2) is 16.3 Å². The third-order valence-electron chi connectivity index (χ3n) is 5.46. The number of allylic oxidation sites excluding steroid dienone is 1. The van der Waals surface area contributed by atoms with E-state index in [1.54, 1.807) is 44.8 Å². The molecule has 0 saturated carbocycles. The third-order valence-corrected chi connectivity index (χ3v) is 7.56. The highest BCUT2D eigenvalue weighted by molar-refractivity contribution is 9.10. The van der Waals surface area contributed by atoms with Crippen molar-refractivity contribution in [1.82, 2.24) is 4.57 Å². The van der Waals surface area contributed by atoms with Gasteiger partial charge in [0, 0.05) is 4.47 Å². The van der Waals surface area contributed by atoms with E-state index in [9.17, 15) is 9.59 Å². The van der Waals surface area contributed by atoms with Gasteiger partial charge < -0.3 is 14.2 Å². The molecule has 0 N–H and O–H groups in total. The highest BCUT2D eigenvalue weighted by atomic mass is 79.9. The second-order valence-electron chi connectivity index (χ2n) is 7.59. The van der Waals surface area contributed by atoms with Crippen LogP contribution < -0.4 is 24.4 Å². The quantitative estimate of drug-likeness (QED) is 0.383. The van der Waals surface area contributed by atoms with Crippen molar-refractivity contribution in [3.05, 3.63) is 87.4 Å². The Bertz CT molecular complexity index is 1510. The van der Waals surface area contributed by atoms with Crippen molar-refractivity contribution in [2.75, 3.05) is 20.8 Å². The van der Waals surface area contributed by atoms with E-state index in [2.05, 4.69) is 36.9 Å². The number of halogens is 2. The molecule has 0 radical (unpaired) electrons. The normalized spacial score (nSPS) is 15.5. The molecule has 4 rings (SSSR count). The minimum atomic E-state index is -0.655. The molecule has 7 nitrogen and oxygen atoms in total. The highest BCUT2D eigenvalue weighted by Crippen LogP contribution is 2.36. The molecule has 0 amide bonds. The van der Waals surface area contributed by atoms with Crippen LogP contribution in [-0.4, -0.2) is 31.4 Å². The van der Waals surface area contributed by atoms with Crippen molar-refractivity contribution >= 4 is 55.2 Å². The minimum absolute atomic E-state index is 0.223. The van der Waals surface area contributed by atoms with Gasteiger partial charge in [0.25, 0.3) is 5.56 Å². The number of hydrogen-bond donors (Lipinski definition) is 0. The standard InChI is InChI=1S/C25H22Br2N2O5S/c1-5-34-24(31)20-13(2)28-25-29(21(20)15-6-8-16(26)9-7-15)23(30)19(35-25)12-14-10-17(27)22(33-4)18(11-14)32-3/h6-12,21H,5H2,1-4H3/b19-12+. The van der Waals surface area contributed by atoms with Crippen molar-refractivity contribution in [2.45, 2.75) is 19.9 Å². The van der Waals surface area contributed by atoms with Crippen molar-refractivity contribution in [3.8, 4) is 11.5 Å². The minimum Gasteiger partial charge on any atom is -0.493 e. The van der Waals surface area contributed by atoms with Crippen molar-refractivity contribution < 1.29 is 19.0 Å². The number of ether oxygens (including phenoxy) is 3. The Morgan fingerprint density at radius 3 is 2.51 bits per heavy atom. The van der Waals surface area contributed by atoms with E-state index >= 15 is 0 Å². The average molecular weight is 622 g/mol. The predicted octanol–water partition coefficient (Wildman–Crippen LogP) is 4.34. The monoisotopic (exact) mass is 620 g/mol. The van der Waals surface area contributed by atoms with Crippen LogP contribution in [0.1, 0.15) is 31.0 Å². The molecular weight excluding hydrogens is 600 g/mol. The number of nitrogens with zero attached hydrogens (tertiary/aromatic N) is 2. The Kier molecular flexibility index (Phi) is 7.63. The number of benzene rings is 2. The molecule has 0 saturated heterocycles. The van der Waals surface area contributed by atoms with Gasteiger partial charge in [-0.2, -0.15) is 0 Å². The lowest BCUT2D eigenvalue weighted by atomic mass is 9.96. The smallest absolute Gasteiger partial charge is 0.338 e. The number of carbonyl (C=O) groups excluding carboxylic acids is 1. The zero-order valence-electron chi connectivity index (χ0n) is 19.4. The molecule has 2 heterocycles. The summed E-state index contributed by atoms with van der Waals surface area (Å²) in [7, 11) is 3.12. The molecular formula is C25H22Br2N2O5S. The SMILES string of the molecule is CCOC(=O)C1=C(C)N=c2s/c(=C/c3cc(Br)c(OC)c(OC)c3)c(=O)n2C1c1ccc(Br)cc1. The number of aromatic nitrogens is 1. The van der Waals surface area contributed by atoms with Crippen LogP contribution in [-0.2, 0) is 9.53 Å². The second-order valence-corrected chi connectivity index (χ2v) is 10.4. The van der Waals surface area contributed by atoms with Crippen LogP contribution in [0, 0.1) is 0 Å². The zero-order valence-corrected chi connectivity index (χ0v) is 23.4. The van der Waals surface area contributed by atoms with Gasteiger partial charge in [0.2, 0.25) is 0 Å². The number of thiazole rings is 1. The maximum atomic E-state index is 13.7. The summed E-state index contributed by atoms with van der Waals surface area (Å²) in [4.78, 5) is 31.8. The molecule has 0 fully saturated rings. The van der Waals surface area contributed by atoms with Crippen LogP contribution in [0.25, 0.3) is 6.08 Å². The van der Waals surface area contributed by atoms with Gasteiger partial charge in [-0.25, -0.2) is 9.79 Å². The molecule has 1 aliphatic heterocycles. The summed E-state index contributed by atoms with van der Waals surface area (Å²) in [5.74, 6) is 0.616. The summed E-state index contributed by atoms with van der Waals surface area (Å²) in [5.41, 5.74) is 2.16. The molecule has 35 heavy (non-hydrogen) atoms. The summed E-state index contributed by atoms with van der Waals surface area (Å²) in [6.45, 7) is 3.74. The summed E-state index contributed by atoms with van der Waals surface area (Å²) < 4.78 is 19.8. The van der Waals surface area contributed by atoms with E-state index < -0.39 is 12.0 Å². The zero-order chi connectivity index (χ0) is 25.3. The number of carbonyl (C=O) groups is 1. The lowest BCUT2D eigenvalue weighted by molar-refractivity contribution is -0.139. The van der Waals surface area contributed by atoms with E-state index in [0.717, 1.165) is 15.6 Å². The second kappa shape index (κ2) is 10.5. The Balaban J connectivity index is 1.94. The first-order valence-corrected chi connectivity index (χ1v) is 13.1. The Morgan fingerprint density at radius 2 is 1.89 bits per heavy atom. The summed E-state index contributed by atoms with van der Waals surface area (Å²) >= 11 is 8.21. The maximum absolute atomic E-state index is 13.7. The van der Waals surface area contributed by atoms with Crippen LogP contribution in [0.2, 0.25) is 0 Å². The lowest BCUT2D eigenvalue weighted by Gasteiger charge is -2.24. The van der Waals surface area contributed by atoms with Crippen LogP contribution >= 0.6 is 43.2 Å². The van der Waals surface area contributed by atoms with Crippen LogP contribution in [0.4, 0.5) is 0 Å². The fourth-order valence-corrected chi connectivity index (χ4v) is 5.86. The van der Waals surface area contributed by atoms with Gasteiger partial charge in [-0.1, -0.05) is 39.4 Å². The largest absolute Gasteiger partial charge is 0.493 e. The number of fused-ring (bicyclic) bond motifs is 1. The average Bonchev–Trinajstić information content (AvgIpc) is 3.12. The number of hydrogen-bond acceptors (Lipinski definition) is 7. The first-order valence-electron chi connectivity index (χ1n) is 10.7. The molecule has 1 unspecified atom stereocenters. The van der Waals surface area contributed by atoms with Crippen LogP contribution in [0.15, 0.2) is 66.4 Å². The molecule has 1 atom stereocenters. The third kappa shape index (κ3) is 4.87. The summed E-state index contributed by atoms with van der Waals surface area (Å²) in [5, 5.41) is 0. The number of rotatable bonds is 6. The number of methoxy groups -OCH3 is 2. The van der Waals surface area contributed by atoms with Crippen LogP contribution in [0.3, 0.4) is 0 Å². The van der Waals surface area contributed by atoms with Crippen LogP contribution in [0.5, 0.6) is 11.5 Å². The van der Waals surface area contributed by atoms with E-state index in [1.165, 1.54) is 11.3 Å². The van der Waals surface area contributed by atoms with Gasteiger partial charge in [-0.3, -0.25) is 9.36 Å². The molecule has 2 aromatic carbocycles. The maximum Gasteiger partial charge on any atom is 0.338 e. The first-order chi connectivity index (χ1) is 16.8. The Hall–Kier alpha value is -2.69. The van der Waals surface area contributed by atoms with Crippen molar-refractivity contribution in [2.24, 2.45) is 4.99 Å². The molecule has 182 valence electrons. The van der Waals surface area contributed by atoms with E-state index in [0.29, 0.717) is 36.6 Å². The Labute approximate surface area is 222 Å². The molecule has 0 aliphatic carbocycles. The molecule has 1 aromatic heterocycles. The molecule has 10 heteroatoms. The van der Waals surface area contributed by atoms with Gasteiger partial charge in [0.05, 0.1) is 47.1 Å². The summed E-state index contributed by atoms with van der Waals surface area (Å²) in [6, 6.07) is 10.5. The van der Waals surface area contributed by atoms with Gasteiger partial charge in [0.1, 0.15) is 0 Å². The highest BCUT2D eigenvalue weighted by Gasteiger charge is 2.33. The summed E-state index contributed by atoms with van der Waals surface area (Å²) in [6.07, 6.45) is 1.78. The fourth-order valence-electron chi connectivity index (χ4n) is 3.92. The van der Waals surface area contributed by atoms with Gasteiger partial charge in [-0.15, -0.1) is 0 Å². The van der Waals surface area contributed by atoms with E-state index in [1.807, 2.05) is 30.3 Å². The number of esters is 1. The Morgan fingerprint density at radius 1 is 1.17 bits per heavy atom.